The number of benzene rings is 12. The Morgan fingerprint density at radius 3 is 0.878 bits per heavy atom. The largest absolute Gasteiger partial charge is 0.507 e. The van der Waals surface area contributed by atoms with E-state index < -0.39 is 0 Å². The van der Waals surface area contributed by atoms with E-state index in [0.717, 1.165) is 112 Å². The summed E-state index contributed by atoms with van der Waals surface area (Å²) in [5.74, 6) is 2.47. The fourth-order valence-corrected chi connectivity index (χ4v) is 16.8. The van der Waals surface area contributed by atoms with Crippen molar-refractivity contribution in [1.82, 2.24) is 29.9 Å². The number of nitrogens with zero attached hydrogens (tertiary/aromatic N) is 6. The molecular formula is C124H125N6O6Pt3-3. The molecule has 0 amide bonds. The smallest absolute Gasteiger partial charge is 0.230 e. The van der Waals surface area contributed by atoms with Gasteiger partial charge in [-0.3, -0.25) is 15.0 Å². The van der Waals surface area contributed by atoms with Crippen LogP contribution in [0.1, 0.15) is 235 Å². The normalized spacial score (nSPS) is 12.1. The molecule has 0 spiro atoms. The Morgan fingerprint density at radius 1 is 0.237 bits per heavy atom. The summed E-state index contributed by atoms with van der Waals surface area (Å²) < 4.78 is 18.7. The molecule has 0 radical (unpaired) electrons. The van der Waals surface area contributed by atoms with Crippen LogP contribution in [-0.2, 0) is 101 Å². The minimum Gasteiger partial charge on any atom is -0.507 e. The van der Waals surface area contributed by atoms with Gasteiger partial charge in [-0.25, -0.2) is 15.0 Å². The number of para-hydroxylation sites is 4. The number of hydrogen-bond acceptors (Lipinski definition) is 12. The second kappa shape index (κ2) is 41.0. The first-order chi connectivity index (χ1) is 64.1. The van der Waals surface area contributed by atoms with Crippen LogP contribution in [0.25, 0.3) is 168 Å². The minimum absolute atomic E-state index is 0. The molecule has 12 nitrogen and oxygen atoms in total. The van der Waals surface area contributed by atoms with Crippen LogP contribution in [0, 0.1) is 18.2 Å². The van der Waals surface area contributed by atoms with E-state index in [-0.39, 0.29) is 118 Å². The van der Waals surface area contributed by atoms with Crippen molar-refractivity contribution in [1.29, 1.82) is 0 Å². The number of phenolic OH excluding ortho intramolecular Hbond substituents is 3. The van der Waals surface area contributed by atoms with Crippen molar-refractivity contribution >= 4 is 33.3 Å². The molecule has 0 saturated heterocycles. The summed E-state index contributed by atoms with van der Waals surface area (Å²) in [4.78, 5) is 29.1. The van der Waals surface area contributed by atoms with Crippen LogP contribution < -0.4 is 0 Å². The number of hydrogen-bond donors (Lipinski definition) is 3. The first kappa shape index (κ1) is 104. The molecule has 18 aromatic rings. The zero-order valence-corrected chi connectivity index (χ0v) is 91.2. The average Bonchev–Trinajstić information content (AvgIpc) is 1.63. The number of fused-ring (bicyclic) bond motifs is 3. The van der Waals surface area contributed by atoms with Crippen LogP contribution >= 0.6 is 0 Å². The zero-order valence-electron chi connectivity index (χ0n) is 84.3. The molecule has 6 aromatic heterocycles. The van der Waals surface area contributed by atoms with E-state index in [0.29, 0.717) is 62.9 Å². The Labute approximate surface area is 864 Å². The van der Waals surface area contributed by atoms with Gasteiger partial charge in [-0.05, 0) is 200 Å². The number of phenols is 3. The number of aromatic nitrogens is 6. The summed E-state index contributed by atoms with van der Waals surface area (Å²) in [6, 6.07) is 97.2. The fraction of sp³-hybridized carbons (Fsp3) is 0.274. The van der Waals surface area contributed by atoms with E-state index in [1.54, 1.807) is 42.5 Å². The van der Waals surface area contributed by atoms with Gasteiger partial charge in [-0.2, -0.15) is 0 Å². The van der Waals surface area contributed by atoms with E-state index in [4.69, 9.17) is 43.2 Å². The van der Waals surface area contributed by atoms with Gasteiger partial charge in [0.05, 0.1) is 33.2 Å². The molecule has 0 bridgehead atoms. The summed E-state index contributed by atoms with van der Waals surface area (Å²) in [6.45, 7) is 56.1. The molecule has 0 fully saturated rings. The van der Waals surface area contributed by atoms with Gasteiger partial charge in [0.2, 0.25) is 17.7 Å². The Balaban J connectivity index is 0.000000175. The molecule has 12 aromatic carbocycles. The third-order valence-electron chi connectivity index (χ3n) is 25.5. The molecular weight excluding hydrogens is 2250 g/mol. The van der Waals surface area contributed by atoms with E-state index in [1.165, 1.54) is 55.6 Å². The van der Waals surface area contributed by atoms with Gasteiger partial charge in [0.15, 0.2) is 0 Å². The fourth-order valence-electron chi connectivity index (χ4n) is 16.8. The summed E-state index contributed by atoms with van der Waals surface area (Å²) in [5, 5.41) is 31.5. The molecule has 18 rings (SSSR count). The molecule has 0 aliphatic rings. The van der Waals surface area contributed by atoms with Gasteiger partial charge >= 0.3 is 0 Å². The van der Waals surface area contributed by atoms with Gasteiger partial charge in [-0.15, -0.1) is 89.0 Å². The predicted octanol–water partition coefficient (Wildman–Crippen LogP) is 33.5. The van der Waals surface area contributed by atoms with Crippen LogP contribution in [0.2, 0.25) is 0 Å². The number of oxazole rings is 3. The van der Waals surface area contributed by atoms with Gasteiger partial charge in [0.25, 0.3) is 0 Å². The van der Waals surface area contributed by atoms with Crippen molar-refractivity contribution in [2.24, 2.45) is 0 Å². The van der Waals surface area contributed by atoms with Gasteiger partial charge < -0.3 is 28.6 Å². The van der Waals surface area contributed by atoms with Crippen molar-refractivity contribution in [2.45, 2.75) is 223 Å². The minimum atomic E-state index is -0.140. The molecule has 0 unspecified atom stereocenters. The maximum absolute atomic E-state index is 10.6. The van der Waals surface area contributed by atoms with Crippen LogP contribution in [0.15, 0.2) is 287 Å². The first-order valence-electron chi connectivity index (χ1n) is 47.3. The SMILES string of the molecule is CC(C)(C)c1cc(-c2cc(-c3cc(C(C)(C)C)cc(C(C)(C)C)c3)ccn2)[c-]c(-c2cc(C(C)(C)C)cc3oc(-c4ccccc4O)nc23)c1.CC(C)(C)c1cc(-c2ccnc(-c3[c-]c(-c4cc(C(C)(C)C)cc5oc(-c6ccccc6O)nc45)ccc3)c2)cc(C(C)(C)C)c1.CC(C)c1cc(-c2ccnc(-c3[c-]c(-c4cccc5oc(-c6ccccc6O)nc45)ccc3)c2)cc(C(C)C)c1.[Pt].[Pt].[Pt]. The molecule has 0 aliphatic carbocycles. The molecule has 6 heterocycles. The van der Waals surface area contributed by atoms with E-state index in [1.807, 2.05) is 91.4 Å². The standard InChI is InChI=1S/C46H51N2O2.C42H43N2O2.C36H31N2O2.3Pt/c1-43(2,3)32-22-30(37-26-35(46(10,11)12)27-40-41(37)48-42(50-40)36-15-13-14-16-39(36)49)19-31(23-32)38-24-28(17-18-47-38)29-20-33(44(4,5)6)25-34(21-29)45(7,8)9;1-40(2,3)30-20-29(21-31(23-30)41(4,5)6)26-17-18-43-35(22-26)28-14-12-13-27(19-28)34-24-32(42(7,8)9)25-37-38(34)44-39(46-37)33-15-10-11-16-36(33)45;1-22(2)27-18-28(23(3)4)20-29(19-27)24-15-16-37-32(21-24)26-10-7-9-25(17-26)30-12-8-14-34-35(30)38-36(40-34)31-11-5-6-13-33(31)39;;;/h13-18,20-27,49H,1-12H3;10-18,20-25,45H,1-9H3;5-16,18-23,39H,1-4H3;;;/q3*-1;;;. The third kappa shape index (κ3) is 23.5. The summed E-state index contributed by atoms with van der Waals surface area (Å²) in [5.41, 5.74) is 34.8. The van der Waals surface area contributed by atoms with Crippen LogP contribution in [0.3, 0.4) is 0 Å². The second-order valence-corrected chi connectivity index (χ2v) is 44.0. The van der Waals surface area contributed by atoms with Crippen LogP contribution in [-0.4, -0.2) is 45.2 Å². The van der Waals surface area contributed by atoms with Crippen LogP contribution in [0.4, 0.5) is 0 Å². The Bertz CT molecular complexity index is 7440. The maximum Gasteiger partial charge on any atom is 0.230 e. The Kier molecular flexibility index (Phi) is 30.8. The summed E-state index contributed by atoms with van der Waals surface area (Å²) in [7, 11) is 0. The van der Waals surface area contributed by atoms with Crippen LogP contribution in [0.5, 0.6) is 17.2 Å². The average molecular weight is 2380 g/mol. The Morgan fingerprint density at radius 2 is 0.518 bits per heavy atom. The second-order valence-electron chi connectivity index (χ2n) is 44.0. The van der Waals surface area contributed by atoms with Crippen molar-refractivity contribution < 1.29 is 91.8 Å². The van der Waals surface area contributed by atoms with Crippen molar-refractivity contribution in [3.63, 3.8) is 0 Å². The molecule has 139 heavy (non-hydrogen) atoms. The number of rotatable bonds is 14. The molecule has 0 aliphatic heterocycles. The molecule has 720 valence electrons. The van der Waals surface area contributed by atoms with Crippen molar-refractivity contribution in [2.75, 3.05) is 0 Å². The number of aromatic hydroxyl groups is 3. The van der Waals surface area contributed by atoms with Gasteiger partial charge in [0, 0.05) is 98.9 Å². The van der Waals surface area contributed by atoms with Gasteiger partial charge in [-0.1, -0.05) is 340 Å². The maximum atomic E-state index is 10.6. The Hall–Kier alpha value is -12.0. The van der Waals surface area contributed by atoms with Crippen molar-refractivity contribution in [3.05, 3.63) is 342 Å². The summed E-state index contributed by atoms with van der Waals surface area (Å²) >= 11 is 0. The van der Waals surface area contributed by atoms with E-state index in [9.17, 15) is 15.3 Å². The topological polar surface area (TPSA) is 177 Å². The van der Waals surface area contributed by atoms with E-state index >= 15 is 0 Å². The summed E-state index contributed by atoms with van der Waals surface area (Å²) in [6.07, 6.45) is 5.68. The van der Waals surface area contributed by atoms with E-state index in [2.05, 4.69) is 331 Å². The molecule has 0 saturated carbocycles. The molecule has 15 heteroatoms. The monoisotopic (exact) mass is 2380 g/mol. The zero-order chi connectivity index (χ0) is 97.2. The number of pyridine rings is 3. The quantitative estimate of drug-likeness (QED) is 0.0879. The third-order valence-corrected chi connectivity index (χ3v) is 25.5. The van der Waals surface area contributed by atoms with Gasteiger partial charge in [0.1, 0.15) is 34.0 Å². The first-order valence-corrected chi connectivity index (χ1v) is 47.3. The molecule has 0 atom stereocenters. The van der Waals surface area contributed by atoms with Crippen molar-refractivity contribution in [3.8, 4) is 152 Å². The predicted molar refractivity (Wildman–Crippen MR) is 561 cm³/mol. The molecule has 3 N–H and O–H groups in total.